The molecule has 15 heavy (non-hydrogen) atoms. The van der Waals surface area contributed by atoms with Crippen LogP contribution >= 0.6 is 0 Å². The van der Waals surface area contributed by atoms with E-state index in [1.807, 2.05) is 0 Å². The Morgan fingerprint density at radius 1 is 1.60 bits per heavy atom. The highest BCUT2D eigenvalue weighted by atomic mass is 16.5. The topological polar surface area (TPSA) is 70.9 Å². The summed E-state index contributed by atoms with van der Waals surface area (Å²) >= 11 is 0. The maximum absolute atomic E-state index is 10.9. The Bertz CT molecular complexity index is 231. The summed E-state index contributed by atoms with van der Waals surface area (Å²) in [5.74, 6) is 0.00317. The standard InChI is InChI=1S/C10H18N2O3/c1-11-10(13)6-7-15-9-4-2-8(12-14)3-5-9/h9,14H,2-7H2,1H3,(H,11,13). The highest BCUT2D eigenvalue weighted by Crippen LogP contribution is 2.18. The molecule has 86 valence electrons. The first-order valence-corrected chi connectivity index (χ1v) is 5.28. The van der Waals surface area contributed by atoms with Gasteiger partial charge < -0.3 is 15.3 Å². The van der Waals surface area contributed by atoms with Crippen LogP contribution in [0, 0.1) is 0 Å². The van der Waals surface area contributed by atoms with Gasteiger partial charge in [-0.3, -0.25) is 4.79 Å². The zero-order chi connectivity index (χ0) is 11.1. The minimum Gasteiger partial charge on any atom is -0.411 e. The van der Waals surface area contributed by atoms with Crippen molar-refractivity contribution in [3.8, 4) is 0 Å². The van der Waals surface area contributed by atoms with Crippen LogP contribution < -0.4 is 5.32 Å². The predicted molar refractivity (Wildman–Crippen MR) is 56.1 cm³/mol. The van der Waals surface area contributed by atoms with Crippen molar-refractivity contribution in [2.45, 2.75) is 38.2 Å². The summed E-state index contributed by atoms with van der Waals surface area (Å²) in [6.45, 7) is 0.468. The molecule has 1 amide bonds. The molecule has 0 aliphatic heterocycles. The lowest BCUT2D eigenvalue weighted by Gasteiger charge is -2.22. The van der Waals surface area contributed by atoms with Crippen LogP contribution in [0.5, 0.6) is 0 Å². The van der Waals surface area contributed by atoms with Crippen LogP contribution in [0.15, 0.2) is 5.16 Å². The van der Waals surface area contributed by atoms with Gasteiger partial charge in [-0.2, -0.15) is 0 Å². The van der Waals surface area contributed by atoms with Gasteiger partial charge in [-0.25, -0.2) is 0 Å². The number of carbonyl (C=O) groups excluding carboxylic acids is 1. The Labute approximate surface area is 89.5 Å². The molecular formula is C10H18N2O3. The molecule has 0 unspecified atom stereocenters. The Morgan fingerprint density at radius 3 is 2.80 bits per heavy atom. The van der Waals surface area contributed by atoms with Crippen molar-refractivity contribution in [2.75, 3.05) is 13.7 Å². The summed E-state index contributed by atoms with van der Waals surface area (Å²) in [5, 5.41) is 14.3. The van der Waals surface area contributed by atoms with Crippen LogP contribution in [0.3, 0.4) is 0 Å². The maximum Gasteiger partial charge on any atom is 0.222 e. The van der Waals surface area contributed by atoms with Gasteiger partial charge in [-0.1, -0.05) is 5.16 Å². The molecule has 1 fully saturated rings. The van der Waals surface area contributed by atoms with Crippen molar-refractivity contribution in [3.05, 3.63) is 0 Å². The average Bonchev–Trinajstić information content (AvgIpc) is 2.29. The molecule has 0 heterocycles. The minimum atomic E-state index is 0.00317. The van der Waals surface area contributed by atoms with Crippen LogP contribution in [0.25, 0.3) is 0 Å². The van der Waals surface area contributed by atoms with Crippen molar-refractivity contribution >= 4 is 11.6 Å². The van der Waals surface area contributed by atoms with Gasteiger partial charge in [-0.15, -0.1) is 0 Å². The van der Waals surface area contributed by atoms with E-state index in [1.165, 1.54) is 0 Å². The maximum atomic E-state index is 10.9. The molecule has 0 bridgehead atoms. The number of ether oxygens (including phenoxy) is 1. The minimum absolute atomic E-state index is 0.00317. The van der Waals surface area contributed by atoms with E-state index >= 15 is 0 Å². The van der Waals surface area contributed by atoms with E-state index in [4.69, 9.17) is 9.94 Å². The Morgan fingerprint density at radius 2 is 2.27 bits per heavy atom. The van der Waals surface area contributed by atoms with Crippen molar-refractivity contribution in [1.82, 2.24) is 5.32 Å². The van der Waals surface area contributed by atoms with Crippen LogP contribution in [-0.2, 0) is 9.53 Å². The smallest absolute Gasteiger partial charge is 0.222 e. The Kier molecular flexibility index (Phi) is 5.10. The third kappa shape index (κ3) is 4.29. The van der Waals surface area contributed by atoms with E-state index in [0.717, 1.165) is 31.4 Å². The summed E-state index contributed by atoms with van der Waals surface area (Å²) in [5.41, 5.74) is 0.848. The number of nitrogens with zero attached hydrogens (tertiary/aromatic N) is 1. The molecule has 0 spiro atoms. The molecule has 0 atom stereocenters. The second kappa shape index (κ2) is 6.40. The summed E-state index contributed by atoms with van der Waals surface area (Å²) < 4.78 is 5.55. The van der Waals surface area contributed by atoms with Gasteiger partial charge in [0.2, 0.25) is 5.91 Å². The molecule has 1 rings (SSSR count). The van der Waals surface area contributed by atoms with Gasteiger partial charge in [0, 0.05) is 13.5 Å². The second-order valence-corrected chi connectivity index (χ2v) is 3.66. The highest BCUT2D eigenvalue weighted by Gasteiger charge is 2.18. The molecule has 5 heteroatoms. The lowest BCUT2D eigenvalue weighted by atomic mass is 9.96. The molecule has 0 aromatic heterocycles. The number of carbonyl (C=O) groups is 1. The van der Waals surface area contributed by atoms with Crippen LogP contribution in [0.2, 0.25) is 0 Å². The van der Waals surface area contributed by atoms with Crippen molar-refractivity contribution in [2.24, 2.45) is 5.16 Å². The summed E-state index contributed by atoms with van der Waals surface area (Å²) in [6.07, 6.45) is 3.97. The zero-order valence-corrected chi connectivity index (χ0v) is 9.03. The summed E-state index contributed by atoms with van der Waals surface area (Å²) in [7, 11) is 1.62. The monoisotopic (exact) mass is 214 g/mol. The van der Waals surface area contributed by atoms with Crippen molar-refractivity contribution in [3.63, 3.8) is 0 Å². The lowest BCUT2D eigenvalue weighted by molar-refractivity contribution is -0.122. The lowest BCUT2D eigenvalue weighted by Crippen LogP contribution is -2.25. The molecule has 0 radical (unpaired) electrons. The normalized spacial score (nSPS) is 21.1. The fraction of sp³-hybridized carbons (Fsp3) is 0.800. The molecule has 5 nitrogen and oxygen atoms in total. The van der Waals surface area contributed by atoms with Gasteiger partial charge in [0.25, 0.3) is 0 Å². The first-order chi connectivity index (χ1) is 7.26. The third-order valence-corrected chi connectivity index (χ3v) is 2.61. The van der Waals surface area contributed by atoms with E-state index in [1.54, 1.807) is 7.05 Å². The third-order valence-electron chi connectivity index (χ3n) is 2.61. The molecule has 0 saturated heterocycles. The van der Waals surface area contributed by atoms with Gasteiger partial charge in [-0.05, 0) is 25.7 Å². The summed E-state index contributed by atoms with van der Waals surface area (Å²) in [6, 6.07) is 0. The van der Waals surface area contributed by atoms with Crippen molar-refractivity contribution < 1.29 is 14.7 Å². The van der Waals surface area contributed by atoms with E-state index in [2.05, 4.69) is 10.5 Å². The zero-order valence-electron chi connectivity index (χ0n) is 9.03. The predicted octanol–water partition coefficient (Wildman–Crippen LogP) is 0.912. The van der Waals surface area contributed by atoms with Gasteiger partial charge in [0.1, 0.15) is 0 Å². The average molecular weight is 214 g/mol. The van der Waals surface area contributed by atoms with Gasteiger partial charge in [0.15, 0.2) is 0 Å². The number of amides is 1. The fourth-order valence-electron chi connectivity index (χ4n) is 1.63. The molecular weight excluding hydrogens is 196 g/mol. The van der Waals surface area contributed by atoms with E-state index in [-0.39, 0.29) is 12.0 Å². The molecule has 0 aromatic carbocycles. The van der Waals surface area contributed by atoms with Crippen molar-refractivity contribution in [1.29, 1.82) is 0 Å². The quantitative estimate of drug-likeness (QED) is 0.540. The second-order valence-electron chi connectivity index (χ2n) is 3.66. The highest BCUT2D eigenvalue weighted by molar-refractivity contribution is 5.84. The van der Waals surface area contributed by atoms with Crippen LogP contribution in [-0.4, -0.2) is 36.6 Å². The number of nitrogens with one attached hydrogen (secondary N) is 1. The number of hydrogen-bond acceptors (Lipinski definition) is 4. The molecule has 2 N–H and O–H groups in total. The molecule has 0 aromatic rings. The molecule has 1 saturated carbocycles. The van der Waals surface area contributed by atoms with Gasteiger partial charge in [0.05, 0.1) is 18.4 Å². The first kappa shape index (κ1) is 12.0. The SMILES string of the molecule is CNC(=O)CCOC1CCC(=NO)CC1. The van der Waals surface area contributed by atoms with E-state index in [0.29, 0.717) is 13.0 Å². The Hall–Kier alpha value is -1.10. The van der Waals surface area contributed by atoms with Crippen LogP contribution in [0.4, 0.5) is 0 Å². The first-order valence-electron chi connectivity index (χ1n) is 5.28. The Balaban J connectivity index is 2.11. The summed E-state index contributed by atoms with van der Waals surface area (Å²) in [4.78, 5) is 10.9. The number of oxime groups is 1. The van der Waals surface area contributed by atoms with Crippen LogP contribution in [0.1, 0.15) is 32.1 Å². The van der Waals surface area contributed by atoms with Gasteiger partial charge >= 0.3 is 0 Å². The number of rotatable bonds is 4. The van der Waals surface area contributed by atoms with E-state index < -0.39 is 0 Å². The number of hydrogen-bond donors (Lipinski definition) is 2. The largest absolute Gasteiger partial charge is 0.411 e. The molecule has 1 aliphatic rings. The molecule has 1 aliphatic carbocycles. The van der Waals surface area contributed by atoms with E-state index in [9.17, 15) is 4.79 Å². The fourth-order valence-corrected chi connectivity index (χ4v) is 1.63.